The van der Waals surface area contributed by atoms with Gasteiger partial charge < -0.3 is 14.2 Å². The van der Waals surface area contributed by atoms with Gasteiger partial charge in [0, 0.05) is 16.5 Å². The number of nitrogens with zero attached hydrogens (tertiary/aromatic N) is 1. The van der Waals surface area contributed by atoms with Crippen molar-refractivity contribution in [2.24, 2.45) is 0 Å². The second-order valence-electron chi connectivity index (χ2n) is 5.41. The summed E-state index contributed by atoms with van der Waals surface area (Å²) in [5, 5.41) is 4.84. The zero-order chi connectivity index (χ0) is 19.4. The highest BCUT2D eigenvalue weighted by atomic mass is 32.1. The summed E-state index contributed by atoms with van der Waals surface area (Å²) in [5.74, 6) is 0.746. The number of benzene rings is 2. The molecule has 0 aliphatic rings. The number of carbonyl (C=O) groups excluding carboxylic acids is 1. The van der Waals surface area contributed by atoms with Crippen LogP contribution in [0.2, 0.25) is 0 Å². The molecule has 0 spiro atoms. The largest absolute Gasteiger partial charge is 0.496 e. The van der Waals surface area contributed by atoms with Crippen molar-refractivity contribution in [1.29, 1.82) is 0 Å². The van der Waals surface area contributed by atoms with Crippen LogP contribution in [0.5, 0.6) is 17.2 Å². The zero-order valence-electron chi connectivity index (χ0n) is 14.9. The number of halogens is 1. The first-order chi connectivity index (χ1) is 13.0. The lowest BCUT2D eigenvalue weighted by atomic mass is 10.1. The highest BCUT2D eigenvalue weighted by molar-refractivity contribution is 7.14. The predicted octanol–water partition coefficient (Wildman–Crippen LogP) is 4.23. The normalized spacial score (nSPS) is 10.4. The highest BCUT2D eigenvalue weighted by Gasteiger charge is 2.15. The van der Waals surface area contributed by atoms with E-state index in [0.29, 0.717) is 39.2 Å². The standard InChI is InChI=1S/C19H17FN2O4S/c1-24-15-7-5-12(20)9-13(15)14-10-27-19(21-14)22-18(23)11-4-6-16(25-2)17(8-11)26-3/h4-10H,1-3H3,(H,21,22,23). The minimum Gasteiger partial charge on any atom is -0.496 e. The van der Waals surface area contributed by atoms with Crippen LogP contribution in [0, 0.1) is 5.82 Å². The number of amides is 1. The molecule has 3 rings (SSSR count). The third-order valence-electron chi connectivity index (χ3n) is 3.81. The lowest BCUT2D eigenvalue weighted by Crippen LogP contribution is -2.12. The Hall–Kier alpha value is -3.13. The molecule has 1 amide bonds. The molecule has 0 fully saturated rings. The number of methoxy groups -OCH3 is 3. The van der Waals surface area contributed by atoms with Gasteiger partial charge >= 0.3 is 0 Å². The zero-order valence-corrected chi connectivity index (χ0v) is 15.7. The number of ether oxygens (including phenoxy) is 3. The van der Waals surface area contributed by atoms with Crippen LogP contribution in [0.15, 0.2) is 41.8 Å². The van der Waals surface area contributed by atoms with E-state index in [-0.39, 0.29) is 5.91 Å². The van der Waals surface area contributed by atoms with E-state index in [1.165, 1.54) is 50.9 Å². The molecule has 0 aliphatic heterocycles. The topological polar surface area (TPSA) is 69.7 Å². The average Bonchev–Trinajstić information content (AvgIpc) is 3.15. The van der Waals surface area contributed by atoms with Crippen molar-refractivity contribution in [3.63, 3.8) is 0 Å². The molecule has 27 heavy (non-hydrogen) atoms. The van der Waals surface area contributed by atoms with Crippen molar-refractivity contribution in [2.45, 2.75) is 0 Å². The predicted molar refractivity (Wildman–Crippen MR) is 102 cm³/mol. The summed E-state index contributed by atoms with van der Waals surface area (Å²) < 4.78 is 29.2. The van der Waals surface area contributed by atoms with Gasteiger partial charge in [0.05, 0.1) is 27.0 Å². The van der Waals surface area contributed by atoms with Crippen molar-refractivity contribution in [2.75, 3.05) is 26.6 Å². The number of nitrogens with one attached hydrogen (secondary N) is 1. The molecule has 0 atom stereocenters. The monoisotopic (exact) mass is 388 g/mol. The average molecular weight is 388 g/mol. The smallest absolute Gasteiger partial charge is 0.257 e. The molecule has 0 unspecified atom stereocenters. The van der Waals surface area contributed by atoms with E-state index < -0.39 is 5.82 Å². The molecule has 3 aromatic rings. The summed E-state index contributed by atoms with van der Waals surface area (Å²) in [6.07, 6.45) is 0. The maximum absolute atomic E-state index is 13.6. The molecular weight excluding hydrogens is 371 g/mol. The van der Waals surface area contributed by atoms with E-state index >= 15 is 0 Å². The van der Waals surface area contributed by atoms with Crippen LogP contribution in [0.4, 0.5) is 9.52 Å². The number of anilines is 1. The Bertz CT molecular complexity index is 974. The number of carbonyl (C=O) groups is 1. The number of rotatable bonds is 6. The van der Waals surface area contributed by atoms with Crippen LogP contribution in [0.25, 0.3) is 11.3 Å². The van der Waals surface area contributed by atoms with Gasteiger partial charge in [-0.3, -0.25) is 10.1 Å². The van der Waals surface area contributed by atoms with Crippen molar-refractivity contribution in [1.82, 2.24) is 4.98 Å². The van der Waals surface area contributed by atoms with Crippen molar-refractivity contribution >= 4 is 22.4 Å². The molecule has 2 aromatic carbocycles. The van der Waals surface area contributed by atoms with Crippen LogP contribution in [-0.2, 0) is 0 Å². The van der Waals surface area contributed by atoms with Gasteiger partial charge in [0.2, 0.25) is 0 Å². The summed E-state index contributed by atoms with van der Waals surface area (Å²) in [5.41, 5.74) is 1.42. The molecule has 0 saturated carbocycles. The molecule has 8 heteroatoms. The Morgan fingerprint density at radius 2 is 1.70 bits per heavy atom. The van der Waals surface area contributed by atoms with E-state index in [1.54, 1.807) is 23.6 Å². The minimum atomic E-state index is -0.394. The van der Waals surface area contributed by atoms with Crippen LogP contribution < -0.4 is 19.5 Å². The third-order valence-corrected chi connectivity index (χ3v) is 4.57. The van der Waals surface area contributed by atoms with Gasteiger partial charge in [0.15, 0.2) is 16.6 Å². The summed E-state index contributed by atoms with van der Waals surface area (Å²) in [4.78, 5) is 16.8. The van der Waals surface area contributed by atoms with Gasteiger partial charge in [0.1, 0.15) is 11.6 Å². The van der Waals surface area contributed by atoms with Gasteiger partial charge in [-0.05, 0) is 36.4 Å². The number of hydrogen-bond acceptors (Lipinski definition) is 6. The van der Waals surface area contributed by atoms with Gasteiger partial charge in [-0.15, -0.1) is 11.3 Å². The fraction of sp³-hybridized carbons (Fsp3) is 0.158. The first-order valence-corrected chi connectivity index (χ1v) is 8.76. The van der Waals surface area contributed by atoms with Crippen LogP contribution in [0.3, 0.4) is 0 Å². The molecule has 1 heterocycles. The Labute approximate surface area is 159 Å². The fourth-order valence-electron chi connectivity index (χ4n) is 2.48. The second kappa shape index (κ2) is 8.05. The van der Waals surface area contributed by atoms with E-state index in [1.807, 2.05) is 0 Å². The summed E-state index contributed by atoms with van der Waals surface area (Å²) in [6, 6.07) is 9.05. The molecule has 1 N–H and O–H groups in total. The molecule has 0 radical (unpaired) electrons. The van der Waals surface area contributed by atoms with Gasteiger partial charge in [-0.1, -0.05) is 0 Å². The molecule has 6 nitrogen and oxygen atoms in total. The van der Waals surface area contributed by atoms with Crippen LogP contribution in [0.1, 0.15) is 10.4 Å². The molecular formula is C19H17FN2O4S. The number of aromatic nitrogens is 1. The summed E-state index contributed by atoms with van der Waals surface area (Å²) in [6.45, 7) is 0. The van der Waals surface area contributed by atoms with E-state index in [9.17, 15) is 9.18 Å². The lowest BCUT2D eigenvalue weighted by molar-refractivity contribution is 0.102. The van der Waals surface area contributed by atoms with Crippen LogP contribution in [-0.4, -0.2) is 32.2 Å². The number of hydrogen-bond donors (Lipinski definition) is 1. The maximum Gasteiger partial charge on any atom is 0.257 e. The first-order valence-electron chi connectivity index (χ1n) is 7.88. The number of thiazole rings is 1. The van der Waals surface area contributed by atoms with E-state index in [0.717, 1.165) is 0 Å². The quantitative estimate of drug-likeness (QED) is 0.684. The summed E-state index contributed by atoms with van der Waals surface area (Å²) in [7, 11) is 4.53. The first kappa shape index (κ1) is 18.7. The molecule has 0 aliphatic carbocycles. The SMILES string of the molecule is COc1ccc(C(=O)Nc2nc(-c3cc(F)ccc3OC)cs2)cc1OC. The summed E-state index contributed by atoms with van der Waals surface area (Å²) >= 11 is 1.23. The third kappa shape index (κ3) is 4.01. The Morgan fingerprint density at radius 1 is 1.00 bits per heavy atom. The van der Waals surface area contributed by atoms with E-state index in [4.69, 9.17) is 14.2 Å². The molecule has 0 bridgehead atoms. The van der Waals surface area contributed by atoms with Gasteiger partial charge in [0.25, 0.3) is 5.91 Å². The molecule has 0 saturated heterocycles. The van der Waals surface area contributed by atoms with E-state index in [2.05, 4.69) is 10.3 Å². The minimum absolute atomic E-state index is 0.344. The van der Waals surface area contributed by atoms with Crippen molar-refractivity contribution < 1.29 is 23.4 Å². The Balaban J connectivity index is 1.82. The highest BCUT2D eigenvalue weighted by Crippen LogP contribution is 2.33. The van der Waals surface area contributed by atoms with Crippen molar-refractivity contribution in [3.05, 3.63) is 53.2 Å². The lowest BCUT2D eigenvalue weighted by Gasteiger charge is -2.09. The Morgan fingerprint density at radius 3 is 2.41 bits per heavy atom. The second-order valence-corrected chi connectivity index (χ2v) is 6.26. The molecule has 1 aromatic heterocycles. The van der Waals surface area contributed by atoms with Crippen LogP contribution >= 0.6 is 11.3 Å². The van der Waals surface area contributed by atoms with Crippen molar-refractivity contribution in [3.8, 4) is 28.5 Å². The Kier molecular flexibility index (Phi) is 5.56. The molecule has 140 valence electrons. The fourth-order valence-corrected chi connectivity index (χ4v) is 3.19. The van der Waals surface area contributed by atoms with Gasteiger partial charge in [-0.25, -0.2) is 9.37 Å². The maximum atomic E-state index is 13.6. The van der Waals surface area contributed by atoms with Gasteiger partial charge in [-0.2, -0.15) is 0 Å².